The van der Waals surface area contributed by atoms with Gasteiger partial charge in [0.1, 0.15) is 18.2 Å². The molecule has 3 rings (SSSR count). The van der Waals surface area contributed by atoms with Gasteiger partial charge in [-0.05, 0) is 59.7 Å². The van der Waals surface area contributed by atoms with Crippen LogP contribution >= 0.6 is 0 Å². The van der Waals surface area contributed by atoms with Gasteiger partial charge in [-0.25, -0.2) is 27.5 Å². The summed E-state index contributed by atoms with van der Waals surface area (Å²) in [6.45, 7) is 5.79. The Bertz CT molecular complexity index is 1320. The average Bonchev–Trinajstić information content (AvgIpc) is 2.86. The van der Waals surface area contributed by atoms with Crippen LogP contribution in [0.5, 0.6) is 0 Å². The first-order chi connectivity index (χ1) is 17.5. The number of sulfonamides is 1. The highest BCUT2D eigenvalue weighted by molar-refractivity contribution is 7.89. The van der Waals surface area contributed by atoms with Crippen molar-refractivity contribution in [2.75, 3.05) is 11.9 Å². The molecule has 0 aliphatic carbocycles. The second kappa shape index (κ2) is 12.2. The number of rotatable bonds is 13. The first-order valence-electron chi connectivity index (χ1n) is 12.2. The van der Waals surface area contributed by atoms with E-state index < -0.39 is 22.0 Å². The topological polar surface area (TPSA) is 121 Å². The Kier molecular flexibility index (Phi) is 9.34. The third kappa shape index (κ3) is 7.80. The van der Waals surface area contributed by atoms with Gasteiger partial charge in [0.2, 0.25) is 0 Å². The van der Waals surface area contributed by atoms with Crippen molar-refractivity contribution < 1.29 is 22.7 Å². The SMILES string of the molecule is CCCCC(C)(C)c1ccc(CC(NS(=O)(=O)c2ccccn2)c2cccc(NCC(=O)O)n2)cc1F. The van der Waals surface area contributed by atoms with Crippen LogP contribution in [0.3, 0.4) is 0 Å². The Morgan fingerprint density at radius 3 is 2.57 bits per heavy atom. The molecule has 0 fully saturated rings. The summed E-state index contributed by atoms with van der Waals surface area (Å²) in [7, 11) is -4.03. The number of carboxylic acids is 1. The van der Waals surface area contributed by atoms with E-state index in [4.69, 9.17) is 5.11 Å². The molecule has 10 heteroatoms. The number of carbonyl (C=O) groups is 1. The fourth-order valence-electron chi connectivity index (χ4n) is 4.09. The fraction of sp³-hybridized carbons (Fsp3) is 0.370. The van der Waals surface area contributed by atoms with Crippen molar-refractivity contribution in [1.82, 2.24) is 14.7 Å². The highest BCUT2D eigenvalue weighted by atomic mass is 32.2. The van der Waals surface area contributed by atoms with Gasteiger partial charge in [0, 0.05) is 6.20 Å². The summed E-state index contributed by atoms with van der Waals surface area (Å²) in [6, 6.07) is 13.6. The van der Waals surface area contributed by atoms with E-state index in [2.05, 4.69) is 26.9 Å². The number of nitrogens with one attached hydrogen (secondary N) is 2. The zero-order valence-electron chi connectivity index (χ0n) is 21.2. The van der Waals surface area contributed by atoms with Crippen LogP contribution in [0.1, 0.15) is 62.9 Å². The molecular weight excluding hydrogens is 495 g/mol. The number of unbranched alkanes of at least 4 members (excludes halogenated alkanes) is 1. The van der Waals surface area contributed by atoms with Crippen LogP contribution in [-0.2, 0) is 26.7 Å². The molecule has 1 unspecified atom stereocenters. The number of aromatic nitrogens is 2. The van der Waals surface area contributed by atoms with E-state index >= 15 is 4.39 Å². The van der Waals surface area contributed by atoms with Gasteiger partial charge in [-0.15, -0.1) is 0 Å². The first kappa shape index (κ1) is 28.2. The lowest BCUT2D eigenvalue weighted by Gasteiger charge is -2.26. The molecule has 2 heterocycles. The van der Waals surface area contributed by atoms with Gasteiger partial charge < -0.3 is 10.4 Å². The Labute approximate surface area is 217 Å². The van der Waals surface area contributed by atoms with Gasteiger partial charge in [-0.1, -0.05) is 57.9 Å². The smallest absolute Gasteiger partial charge is 0.322 e. The molecule has 2 aromatic heterocycles. The van der Waals surface area contributed by atoms with E-state index in [-0.39, 0.29) is 35.0 Å². The summed E-state index contributed by atoms with van der Waals surface area (Å²) in [4.78, 5) is 19.3. The molecule has 0 aliphatic rings. The molecule has 1 aromatic carbocycles. The van der Waals surface area contributed by atoms with E-state index in [0.717, 1.165) is 19.3 Å². The number of hydrogen-bond donors (Lipinski definition) is 3. The first-order valence-corrected chi connectivity index (χ1v) is 13.6. The van der Waals surface area contributed by atoms with Crippen molar-refractivity contribution in [3.05, 3.63) is 83.4 Å². The second-order valence-corrected chi connectivity index (χ2v) is 11.2. The van der Waals surface area contributed by atoms with Gasteiger partial charge in [-0.3, -0.25) is 4.79 Å². The fourth-order valence-corrected chi connectivity index (χ4v) is 5.25. The monoisotopic (exact) mass is 528 g/mol. The van der Waals surface area contributed by atoms with Crippen molar-refractivity contribution in [3.63, 3.8) is 0 Å². The summed E-state index contributed by atoms with van der Waals surface area (Å²) in [6.07, 6.45) is 4.37. The maximum Gasteiger partial charge on any atom is 0.322 e. The maximum atomic E-state index is 15.2. The van der Waals surface area contributed by atoms with E-state index in [9.17, 15) is 13.2 Å². The molecule has 3 aromatic rings. The molecule has 0 amide bonds. The molecule has 0 saturated heterocycles. The van der Waals surface area contributed by atoms with Crippen molar-refractivity contribution >= 4 is 21.8 Å². The van der Waals surface area contributed by atoms with Crippen molar-refractivity contribution in [1.29, 1.82) is 0 Å². The van der Waals surface area contributed by atoms with E-state index in [0.29, 0.717) is 16.8 Å². The van der Waals surface area contributed by atoms with Crippen LogP contribution in [0.25, 0.3) is 0 Å². The maximum absolute atomic E-state index is 15.2. The van der Waals surface area contributed by atoms with E-state index in [1.807, 2.05) is 13.8 Å². The molecule has 0 bridgehead atoms. The second-order valence-electron chi connectivity index (χ2n) is 9.54. The Morgan fingerprint density at radius 2 is 1.92 bits per heavy atom. The number of aliphatic carboxylic acids is 1. The minimum absolute atomic E-state index is 0.119. The third-order valence-electron chi connectivity index (χ3n) is 6.12. The van der Waals surface area contributed by atoms with Crippen LogP contribution in [0.4, 0.5) is 10.2 Å². The minimum atomic E-state index is -4.03. The standard InChI is InChI=1S/C27H33FN4O4S/c1-4-5-14-27(2,3)20-13-12-19(16-21(20)28)17-23(32-37(35,36)25-11-6-7-15-29-25)22-9-8-10-24(31-22)30-18-26(33)34/h6-13,15-16,23,32H,4-5,14,17-18H2,1-3H3,(H,30,31)(H,33,34). The molecule has 0 radical (unpaired) electrons. The normalized spacial score (nSPS) is 12.8. The Balaban J connectivity index is 1.94. The molecule has 1 atom stereocenters. The van der Waals surface area contributed by atoms with Gasteiger partial charge in [0.05, 0.1) is 11.7 Å². The molecule has 8 nitrogen and oxygen atoms in total. The number of nitrogens with zero attached hydrogens (tertiary/aromatic N) is 2. The summed E-state index contributed by atoms with van der Waals surface area (Å²) in [5.74, 6) is -1.12. The number of pyridine rings is 2. The van der Waals surface area contributed by atoms with Crippen molar-refractivity contribution in [2.24, 2.45) is 0 Å². The number of hydrogen-bond acceptors (Lipinski definition) is 6. The largest absolute Gasteiger partial charge is 0.480 e. The predicted octanol–water partition coefficient (Wildman–Crippen LogP) is 4.84. The number of anilines is 1. The van der Waals surface area contributed by atoms with Crippen molar-refractivity contribution in [3.8, 4) is 0 Å². The van der Waals surface area contributed by atoms with Crippen LogP contribution in [0.2, 0.25) is 0 Å². The summed E-state index contributed by atoms with van der Waals surface area (Å²) in [5.41, 5.74) is 1.23. The molecular formula is C27H33FN4O4S. The molecule has 37 heavy (non-hydrogen) atoms. The quantitative estimate of drug-likeness (QED) is 0.290. The van der Waals surface area contributed by atoms with Gasteiger partial charge >= 0.3 is 5.97 Å². The number of carboxylic acid groups (broad SMARTS) is 1. The summed E-state index contributed by atoms with van der Waals surface area (Å²) >= 11 is 0. The van der Waals surface area contributed by atoms with Crippen molar-refractivity contribution in [2.45, 2.75) is 62.9 Å². The van der Waals surface area contributed by atoms with Crippen LogP contribution in [-0.4, -0.2) is 36.0 Å². The Hall–Kier alpha value is -3.37. The number of halogens is 1. The highest BCUT2D eigenvalue weighted by Gasteiger charge is 2.26. The summed E-state index contributed by atoms with van der Waals surface area (Å²) in [5, 5.41) is 11.5. The van der Waals surface area contributed by atoms with Gasteiger partial charge in [0.25, 0.3) is 10.0 Å². The van der Waals surface area contributed by atoms with E-state index in [1.54, 1.807) is 42.5 Å². The highest BCUT2D eigenvalue weighted by Crippen LogP contribution is 2.32. The summed E-state index contributed by atoms with van der Waals surface area (Å²) < 4.78 is 44.1. The molecule has 0 spiro atoms. The lowest BCUT2D eigenvalue weighted by molar-refractivity contribution is -0.134. The molecule has 0 saturated carbocycles. The average molecular weight is 529 g/mol. The zero-order chi connectivity index (χ0) is 27.1. The van der Waals surface area contributed by atoms with Gasteiger partial charge in [0.15, 0.2) is 5.03 Å². The zero-order valence-corrected chi connectivity index (χ0v) is 22.1. The Morgan fingerprint density at radius 1 is 1.14 bits per heavy atom. The number of benzene rings is 1. The van der Waals surface area contributed by atoms with E-state index in [1.165, 1.54) is 18.3 Å². The molecule has 3 N–H and O–H groups in total. The van der Waals surface area contributed by atoms with Gasteiger partial charge in [-0.2, -0.15) is 0 Å². The predicted molar refractivity (Wildman–Crippen MR) is 140 cm³/mol. The third-order valence-corrected chi connectivity index (χ3v) is 7.50. The molecule has 0 aliphatic heterocycles. The molecule has 198 valence electrons. The minimum Gasteiger partial charge on any atom is -0.480 e. The lowest BCUT2D eigenvalue weighted by atomic mass is 9.79. The van der Waals surface area contributed by atoms with Crippen LogP contribution < -0.4 is 10.0 Å². The van der Waals surface area contributed by atoms with Crippen LogP contribution in [0.15, 0.2) is 65.8 Å². The van der Waals surface area contributed by atoms with Crippen LogP contribution in [0, 0.1) is 5.82 Å². The lowest BCUT2D eigenvalue weighted by Crippen LogP contribution is -2.31.